The molecule has 1 aliphatic heterocycles. The van der Waals surface area contributed by atoms with E-state index in [4.69, 9.17) is 0 Å². The number of anilines is 3. The van der Waals surface area contributed by atoms with Crippen molar-refractivity contribution >= 4 is 28.4 Å². The van der Waals surface area contributed by atoms with E-state index in [-0.39, 0.29) is 11.4 Å². The van der Waals surface area contributed by atoms with Gasteiger partial charge in [-0.25, -0.2) is 9.37 Å². The van der Waals surface area contributed by atoms with E-state index in [1.807, 2.05) is 56.4 Å². The number of halogens is 1. The molecule has 1 fully saturated rings. The summed E-state index contributed by atoms with van der Waals surface area (Å²) in [7, 11) is 1.88. The molecule has 4 heterocycles. The van der Waals surface area contributed by atoms with Crippen molar-refractivity contribution in [3.05, 3.63) is 83.2 Å². The highest BCUT2D eigenvalue weighted by atomic mass is 19.1. The number of fused-ring (bicyclic) bond motifs is 1. The molecule has 0 spiro atoms. The van der Waals surface area contributed by atoms with E-state index in [1.165, 1.54) is 6.07 Å². The second-order valence-corrected chi connectivity index (χ2v) is 10.1. The maximum absolute atomic E-state index is 15.1. The number of rotatable bonds is 6. The van der Waals surface area contributed by atoms with Gasteiger partial charge in [-0.2, -0.15) is 10.1 Å². The normalized spacial score (nSPS) is 15.5. The van der Waals surface area contributed by atoms with Gasteiger partial charge >= 0.3 is 0 Å². The van der Waals surface area contributed by atoms with Gasteiger partial charge in [0.05, 0.1) is 11.4 Å². The number of aromatic nitrogens is 5. The molecule has 1 unspecified atom stereocenters. The Hall–Kier alpha value is -4.57. The number of piperazine rings is 1. The standard InChI is InChI=1S/C30H31FN8O/c1-4-39-28-20(15-24(29(39)40)22-7-5-6-8-23(22)26-11-12-34-37(26)3)17-33-30(36-28)35-21-9-10-27(25(31)16-21)38-14-13-32-19(2)18-38/h5-12,15-17,19,32H,4,13-14,18H2,1-3H3,(H,33,35,36). The fourth-order valence-corrected chi connectivity index (χ4v) is 5.41. The zero-order valence-electron chi connectivity index (χ0n) is 22.7. The lowest BCUT2D eigenvalue weighted by Gasteiger charge is -2.33. The minimum Gasteiger partial charge on any atom is -0.366 e. The monoisotopic (exact) mass is 538 g/mol. The van der Waals surface area contributed by atoms with Gasteiger partial charge < -0.3 is 15.5 Å². The van der Waals surface area contributed by atoms with E-state index in [2.05, 4.69) is 37.5 Å². The highest BCUT2D eigenvalue weighted by molar-refractivity contribution is 5.87. The predicted octanol–water partition coefficient (Wildman–Crippen LogP) is 4.56. The van der Waals surface area contributed by atoms with Crippen molar-refractivity contribution in [1.29, 1.82) is 0 Å². The maximum Gasteiger partial charge on any atom is 0.260 e. The van der Waals surface area contributed by atoms with Crippen molar-refractivity contribution in [2.24, 2.45) is 7.05 Å². The summed E-state index contributed by atoms with van der Waals surface area (Å²) in [5.74, 6) is -0.0119. The van der Waals surface area contributed by atoms with Crippen molar-refractivity contribution < 1.29 is 4.39 Å². The van der Waals surface area contributed by atoms with E-state index in [0.29, 0.717) is 41.1 Å². The Morgan fingerprint density at radius 2 is 1.93 bits per heavy atom. The Morgan fingerprint density at radius 3 is 2.65 bits per heavy atom. The van der Waals surface area contributed by atoms with Crippen LogP contribution in [0.15, 0.2) is 71.8 Å². The molecular weight excluding hydrogens is 507 g/mol. The first kappa shape index (κ1) is 25.7. The van der Waals surface area contributed by atoms with E-state index in [9.17, 15) is 4.79 Å². The zero-order valence-corrected chi connectivity index (χ0v) is 22.7. The lowest BCUT2D eigenvalue weighted by molar-refractivity contribution is 0.478. The number of pyridine rings is 1. The summed E-state index contributed by atoms with van der Waals surface area (Å²) in [6.45, 7) is 6.76. The summed E-state index contributed by atoms with van der Waals surface area (Å²) in [5.41, 5.74) is 4.70. The molecule has 204 valence electrons. The quantitative estimate of drug-likeness (QED) is 0.327. The molecule has 0 radical (unpaired) electrons. The van der Waals surface area contributed by atoms with Crippen molar-refractivity contribution in [2.45, 2.75) is 26.4 Å². The summed E-state index contributed by atoms with van der Waals surface area (Å²) >= 11 is 0. The molecule has 0 saturated carbocycles. The van der Waals surface area contributed by atoms with Crippen LogP contribution in [0.3, 0.4) is 0 Å². The topological polar surface area (TPSA) is 92.9 Å². The van der Waals surface area contributed by atoms with E-state index in [1.54, 1.807) is 27.7 Å². The number of hydrogen-bond donors (Lipinski definition) is 2. The van der Waals surface area contributed by atoms with Gasteiger partial charge in [0.2, 0.25) is 5.95 Å². The largest absolute Gasteiger partial charge is 0.366 e. The van der Waals surface area contributed by atoms with Gasteiger partial charge in [-0.3, -0.25) is 14.0 Å². The van der Waals surface area contributed by atoms with Crippen molar-refractivity contribution in [3.8, 4) is 22.4 Å². The molecule has 6 rings (SSSR count). The predicted molar refractivity (Wildman–Crippen MR) is 156 cm³/mol. The molecule has 0 amide bonds. The van der Waals surface area contributed by atoms with Crippen LogP contribution in [0.2, 0.25) is 0 Å². The minimum absolute atomic E-state index is 0.144. The lowest BCUT2D eigenvalue weighted by atomic mass is 9.98. The Labute approximate surface area is 231 Å². The highest BCUT2D eigenvalue weighted by Gasteiger charge is 2.20. The Balaban J connectivity index is 1.35. The molecule has 9 nitrogen and oxygen atoms in total. The third-order valence-corrected chi connectivity index (χ3v) is 7.37. The second-order valence-electron chi connectivity index (χ2n) is 10.1. The number of benzene rings is 2. The summed E-state index contributed by atoms with van der Waals surface area (Å²) in [5, 5.41) is 11.5. The number of nitrogens with one attached hydrogen (secondary N) is 2. The smallest absolute Gasteiger partial charge is 0.260 e. The molecule has 1 saturated heterocycles. The molecule has 2 N–H and O–H groups in total. The van der Waals surface area contributed by atoms with E-state index < -0.39 is 0 Å². The van der Waals surface area contributed by atoms with Crippen molar-refractivity contribution in [3.63, 3.8) is 0 Å². The fourth-order valence-electron chi connectivity index (χ4n) is 5.41. The first-order valence-corrected chi connectivity index (χ1v) is 13.5. The van der Waals surface area contributed by atoms with Gasteiger partial charge in [0, 0.05) is 73.9 Å². The molecule has 5 aromatic rings. The molecular formula is C30H31FN8O. The van der Waals surface area contributed by atoms with Crippen LogP contribution in [0.5, 0.6) is 0 Å². The Kier molecular flexibility index (Phi) is 6.77. The summed E-state index contributed by atoms with van der Waals surface area (Å²) in [6.07, 6.45) is 3.43. The van der Waals surface area contributed by atoms with Crippen LogP contribution in [0.25, 0.3) is 33.4 Å². The summed E-state index contributed by atoms with van der Waals surface area (Å²) < 4.78 is 18.5. The van der Waals surface area contributed by atoms with Crippen LogP contribution in [-0.2, 0) is 13.6 Å². The van der Waals surface area contributed by atoms with Gasteiger partial charge in [-0.05, 0) is 49.7 Å². The molecule has 10 heteroatoms. The average molecular weight is 539 g/mol. The lowest BCUT2D eigenvalue weighted by Crippen LogP contribution is -2.49. The minimum atomic E-state index is -0.304. The van der Waals surface area contributed by atoms with Crippen LogP contribution >= 0.6 is 0 Å². The third-order valence-electron chi connectivity index (χ3n) is 7.37. The number of hydrogen-bond acceptors (Lipinski definition) is 7. The van der Waals surface area contributed by atoms with Crippen LogP contribution in [0.1, 0.15) is 13.8 Å². The number of nitrogens with zero attached hydrogens (tertiary/aromatic N) is 6. The first-order chi connectivity index (χ1) is 19.4. The molecule has 1 atom stereocenters. The van der Waals surface area contributed by atoms with E-state index >= 15 is 4.39 Å². The van der Waals surface area contributed by atoms with Crippen LogP contribution in [0.4, 0.5) is 21.7 Å². The third kappa shape index (κ3) is 4.71. The van der Waals surface area contributed by atoms with Crippen molar-refractivity contribution in [1.82, 2.24) is 29.6 Å². The Morgan fingerprint density at radius 1 is 1.10 bits per heavy atom. The maximum atomic E-state index is 15.1. The summed E-state index contributed by atoms with van der Waals surface area (Å²) in [6, 6.07) is 16.9. The number of aryl methyl sites for hydroxylation is 2. The van der Waals surface area contributed by atoms with Gasteiger partial charge in [-0.1, -0.05) is 24.3 Å². The van der Waals surface area contributed by atoms with Crippen LogP contribution in [0, 0.1) is 5.82 Å². The molecule has 1 aliphatic rings. The average Bonchev–Trinajstić information content (AvgIpc) is 3.38. The van der Waals surface area contributed by atoms with Gasteiger partial charge in [0.25, 0.3) is 5.56 Å². The molecule has 3 aromatic heterocycles. The SMILES string of the molecule is CCn1c(=O)c(-c2ccccc2-c2ccnn2C)cc2cnc(Nc3ccc(N4CCNC(C)C4)c(F)c3)nc21. The first-order valence-electron chi connectivity index (χ1n) is 13.5. The van der Waals surface area contributed by atoms with Crippen LogP contribution < -0.4 is 21.1 Å². The van der Waals surface area contributed by atoms with Gasteiger partial charge in [0.1, 0.15) is 11.5 Å². The molecule has 0 bridgehead atoms. The highest BCUT2D eigenvalue weighted by Crippen LogP contribution is 2.31. The van der Waals surface area contributed by atoms with Crippen molar-refractivity contribution in [2.75, 3.05) is 29.9 Å². The molecule has 2 aromatic carbocycles. The molecule has 40 heavy (non-hydrogen) atoms. The van der Waals surface area contributed by atoms with E-state index in [0.717, 1.165) is 41.8 Å². The van der Waals surface area contributed by atoms with Gasteiger partial charge in [-0.15, -0.1) is 0 Å². The van der Waals surface area contributed by atoms with Crippen LogP contribution in [-0.4, -0.2) is 50.0 Å². The van der Waals surface area contributed by atoms with Gasteiger partial charge in [0.15, 0.2) is 0 Å². The fraction of sp³-hybridized carbons (Fsp3) is 0.267. The zero-order chi connectivity index (χ0) is 27.8. The second kappa shape index (κ2) is 10.5. The summed E-state index contributed by atoms with van der Waals surface area (Å²) in [4.78, 5) is 24.9. The molecule has 0 aliphatic carbocycles. The Bertz CT molecular complexity index is 1760.